The summed E-state index contributed by atoms with van der Waals surface area (Å²) in [7, 11) is 1.72. The van der Waals surface area contributed by atoms with Gasteiger partial charge in [0.25, 0.3) is 0 Å². The first-order valence-corrected chi connectivity index (χ1v) is 6.78. The van der Waals surface area contributed by atoms with Gasteiger partial charge in [-0.3, -0.25) is 0 Å². The normalized spacial score (nSPS) is 29.8. The van der Waals surface area contributed by atoms with Crippen LogP contribution in [0.25, 0.3) is 0 Å². The van der Waals surface area contributed by atoms with Gasteiger partial charge >= 0.3 is 0 Å². The Morgan fingerprint density at radius 2 is 2.28 bits per heavy atom. The van der Waals surface area contributed by atoms with Crippen LogP contribution in [0.3, 0.4) is 0 Å². The number of nitrogens with one attached hydrogen (secondary N) is 1. The topological polar surface area (TPSA) is 30.5 Å². The van der Waals surface area contributed by atoms with E-state index in [1.807, 2.05) is 6.07 Å². The Hall–Kier alpha value is -1.06. The van der Waals surface area contributed by atoms with Gasteiger partial charge in [0.05, 0.1) is 19.3 Å². The Labute approximate surface area is 108 Å². The molecule has 0 saturated carbocycles. The number of fused-ring (bicyclic) bond motifs is 2. The van der Waals surface area contributed by atoms with E-state index in [4.69, 9.17) is 9.47 Å². The summed E-state index contributed by atoms with van der Waals surface area (Å²) >= 11 is 0. The summed E-state index contributed by atoms with van der Waals surface area (Å²) in [5.74, 6) is 0.960. The lowest BCUT2D eigenvalue weighted by Crippen LogP contribution is -2.36. The first-order valence-electron chi connectivity index (χ1n) is 6.78. The molecule has 2 fully saturated rings. The van der Waals surface area contributed by atoms with Crippen LogP contribution in [0, 0.1) is 6.92 Å². The van der Waals surface area contributed by atoms with Crippen LogP contribution in [0.4, 0.5) is 0 Å². The lowest BCUT2D eigenvalue weighted by molar-refractivity contribution is 0.0973. The zero-order valence-corrected chi connectivity index (χ0v) is 11.1. The first-order chi connectivity index (χ1) is 8.76. The highest BCUT2D eigenvalue weighted by atomic mass is 16.5. The predicted molar refractivity (Wildman–Crippen MR) is 70.9 cm³/mol. The highest BCUT2D eigenvalue weighted by molar-refractivity contribution is 5.36. The van der Waals surface area contributed by atoms with Gasteiger partial charge in [-0.2, -0.15) is 0 Å². The summed E-state index contributed by atoms with van der Waals surface area (Å²) in [4.78, 5) is 0. The lowest BCUT2D eigenvalue weighted by Gasteiger charge is -2.20. The minimum Gasteiger partial charge on any atom is -0.496 e. The molecule has 3 heteroatoms. The maximum atomic E-state index is 5.85. The van der Waals surface area contributed by atoms with E-state index in [0.717, 1.165) is 12.3 Å². The molecule has 18 heavy (non-hydrogen) atoms. The van der Waals surface area contributed by atoms with Crippen molar-refractivity contribution in [2.75, 3.05) is 7.11 Å². The summed E-state index contributed by atoms with van der Waals surface area (Å²) < 4.78 is 11.1. The third kappa shape index (κ3) is 2.25. The van der Waals surface area contributed by atoms with Crippen molar-refractivity contribution in [2.45, 2.75) is 51.0 Å². The van der Waals surface area contributed by atoms with E-state index >= 15 is 0 Å². The van der Waals surface area contributed by atoms with Crippen LogP contribution in [-0.2, 0) is 11.3 Å². The SMILES string of the molecule is COc1ccc(CNC2CC3CCC2O3)cc1C. The zero-order chi connectivity index (χ0) is 12.5. The standard InChI is InChI=1S/C15H21NO2/c1-10-7-11(3-5-14(10)17-2)9-16-13-8-12-4-6-15(13)18-12/h3,5,7,12-13,15-16H,4,6,8-9H2,1-2H3. The summed E-state index contributed by atoms with van der Waals surface area (Å²) in [6.07, 6.45) is 4.63. The molecule has 2 bridgehead atoms. The molecule has 1 N–H and O–H groups in total. The second-order valence-corrected chi connectivity index (χ2v) is 5.40. The molecule has 3 rings (SSSR count). The Morgan fingerprint density at radius 3 is 2.89 bits per heavy atom. The number of hydrogen-bond acceptors (Lipinski definition) is 3. The van der Waals surface area contributed by atoms with Gasteiger partial charge in [0.1, 0.15) is 5.75 Å². The molecule has 3 nitrogen and oxygen atoms in total. The summed E-state index contributed by atoms with van der Waals surface area (Å²) in [5, 5.41) is 3.63. The molecule has 0 spiro atoms. The van der Waals surface area contributed by atoms with E-state index in [2.05, 4.69) is 24.4 Å². The number of methoxy groups -OCH3 is 1. The van der Waals surface area contributed by atoms with Crippen molar-refractivity contribution in [2.24, 2.45) is 0 Å². The lowest BCUT2D eigenvalue weighted by atomic mass is 9.95. The van der Waals surface area contributed by atoms with Gasteiger partial charge in [0, 0.05) is 12.6 Å². The van der Waals surface area contributed by atoms with Crippen molar-refractivity contribution in [3.63, 3.8) is 0 Å². The second kappa shape index (κ2) is 4.90. The quantitative estimate of drug-likeness (QED) is 0.886. The van der Waals surface area contributed by atoms with E-state index in [1.54, 1.807) is 7.11 Å². The number of ether oxygens (including phenoxy) is 2. The molecule has 2 saturated heterocycles. The van der Waals surface area contributed by atoms with E-state index < -0.39 is 0 Å². The van der Waals surface area contributed by atoms with Crippen molar-refractivity contribution in [1.29, 1.82) is 0 Å². The van der Waals surface area contributed by atoms with E-state index in [-0.39, 0.29) is 0 Å². The van der Waals surface area contributed by atoms with Crippen molar-refractivity contribution >= 4 is 0 Å². The molecule has 0 radical (unpaired) electrons. The summed E-state index contributed by atoms with van der Waals surface area (Å²) in [6.45, 7) is 3.01. The summed E-state index contributed by atoms with van der Waals surface area (Å²) in [5.41, 5.74) is 2.51. The molecule has 2 heterocycles. The van der Waals surface area contributed by atoms with Crippen LogP contribution >= 0.6 is 0 Å². The van der Waals surface area contributed by atoms with Gasteiger partial charge in [-0.1, -0.05) is 12.1 Å². The van der Waals surface area contributed by atoms with E-state index in [9.17, 15) is 0 Å². The fraction of sp³-hybridized carbons (Fsp3) is 0.600. The molecule has 1 aromatic rings. The molecule has 98 valence electrons. The summed E-state index contributed by atoms with van der Waals surface area (Å²) in [6, 6.07) is 6.92. The van der Waals surface area contributed by atoms with Crippen molar-refractivity contribution in [1.82, 2.24) is 5.32 Å². The van der Waals surface area contributed by atoms with E-state index in [1.165, 1.54) is 30.4 Å². The predicted octanol–water partition coefficient (Wildman–Crippen LogP) is 2.41. The van der Waals surface area contributed by atoms with Crippen LogP contribution in [0.5, 0.6) is 5.75 Å². The Morgan fingerprint density at radius 1 is 1.39 bits per heavy atom. The highest BCUT2D eigenvalue weighted by Gasteiger charge is 2.40. The molecular formula is C15H21NO2. The number of aryl methyl sites for hydroxylation is 1. The molecule has 3 unspecified atom stereocenters. The fourth-order valence-electron chi connectivity index (χ4n) is 3.15. The smallest absolute Gasteiger partial charge is 0.121 e. The molecule has 0 aromatic heterocycles. The molecule has 3 atom stereocenters. The molecular weight excluding hydrogens is 226 g/mol. The average Bonchev–Trinajstić information content (AvgIpc) is 2.98. The molecule has 0 amide bonds. The number of rotatable bonds is 4. The first kappa shape index (κ1) is 12.0. The Kier molecular flexibility index (Phi) is 3.27. The van der Waals surface area contributed by atoms with Crippen LogP contribution in [-0.4, -0.2) is 25.4 Å². The number of hydrogen-bond donors (Lipinski definition) is 1. The second-order valence-electron chi connectivity index (χ2n) is 5.40. The van der Waals surface area contributed by atoms with Crippen LogP contribution in [0.1, 0.15) is 30.4 Å². The van der Waals surface area contributed by atoms with Crippen LogP contribution in [0.2, 0.25) is 0 Å². The third-order valence-electron chi connectivity index (χ3n) is 4.13. The van der Waals surface area contributed by atoms with Gasteiger partial charge in [0.15, 0.2) is 0 Å². The minimum absolute atomic E-state index is 0.453. The zero-order valence-electron chi connectivity index (χ0n) is 11.1. The largest absolute Gasteiger partial charge is 0.496 e. The van der Waals surface area contributed by atoms with Gasteiger partial charge in [-0.15, -0.1) is 0 Å². The van der Waals surface area contributed by atoms with Crippen molar-refractivity contribution in [3.05, 3.63) is 29.3 Å². The Balaban J connectivity index is 1.58. The number of benzene rings is 1. The maximum Gasteiger partial charge on any atom is 0.121 e. The molecule has 0 aliphatic carbocycles. The average molecular weight is 247 g/mol. The van der Waals surface area contributed by atoms with Gasteiger partial charge in [-0.25, -0.2) is 0 Å². The molecule has 2 aliphatic rings. The van der Waals surface area contributed by atoms with Crippen LogP contribution in [0.15, 0.2) is 18.2 Å². The van der Waals surface area contributed by atoms with Crippen LogP contribution < -0.4 is 10.1 Å². The van der Waals surface area contributed by atoms with Gasteiger partial charge < -0.3 is 14.8 Å². The monoisotopic (exact) mass is 247 g/mol. The van der Waals surface area contributed by atoms with E-state index in [0.29, 0.717) is 18.2 Å². The van der Waals surface area contributed by atoms with Gasteiger partial charge in [0.2, 0.25) is 0 Å². The fourth-order valence-corrected chi connectivity index (χ4v) is 3.15. The van der Waals surface area contributed by atoms with Crippen molar-refractivity contribution < 1.29 is 9.47 Å². The van der Waals surface area contributed by atoms with Crippen molar-refractivity contribution in [3.8, 4) is 5.75 Å². The maximum absolute atomic E-state index is 5.85. The third-order valence-corrected chi connectivity index (χ3v) is 4.13. The molecule has 2 aliphatic heterocycles. The Bertz CT molecular complexity index is 433. The minimum atomic E-state index is 0.453. The van der Waals surface area contributed by atoms with Gasteiger partial charge in [-0.05, 0) is 43.4 Å². The molecule has 1 aromatic carbocycles. The highest BCUT2D eigenvalue weighted by Crippen LogP contribution is 2.34.